The number of benzene rings is 2. The average Bonchev–Trinajstić information content (AvgIpc) is 2.77. The summed E-state index contributed by atoms with van der Waals surface area (Å²) in [5.41, 5.74) is 1.40. The quantitative estimate of drug-likeness (QED) is 0.826. The van der Waals surface area contributed by atoms with Crippen molar-refractivity contribution >= 4 is 22.7 Å². The summed E-state index contributed by atoms with van der Waals surface area (Å²) in [5, 5.41) is 0. The molecule has 0 unspecified atom stereocenters. The second kappa shape index (κ2) is 6.27. The van der Waals surface area contributed by atoms with Gasteiger partial charge in [-0.2, -0.15) is 0 Å². The van der Waals surface area contributed by atoms with E-state index < -0.39 is 22.7 Å². The van der Waals surface area contributed by atoms with Crippen LogP contribution in [0.15, 0.2) is 53.4 Å². The zero-order chi connectivity index (χ0) is 17.3. The third-order valence-electron chi connectivity index (χ3n) is 3.74. The van der Waals surface area contributed by atoms with Crippen molar-refractivity contribution in [3.05, 3.63) is 65.2 Å². The summed E-state index contributed by atoms with van der Waals surface area (Å²) in [6, 6.07) is 13.0. The number of rotatable bonds is 4. The molecule has 0 atom stereocenters. The first-order valence-electron chi connectivity index (χ1n) is 7.40. The summed E-state index contributed by atoms with van der Waals surface area (Å²) in [6.07, 6.45) is 0. The molecule has 6 nitrogen and oxygen atoms in total. The minimum absolute atomic E-state index is 0.0406. The Morgan fingerprint density at radius 2 is 1.79 bits per heavy atom. The molecule has 0 spiro atoms. The number of amides is 1. The van der Waals surface area contributed by atoms with E-state index in [1.165, 1.54) is 0 Å². The third-order valence-corrected chi connectivity index (χ3v) is 5.59. The Morgan fingerprint density at radius 1 is 1.12 bits per heavy atom. The molecule has 0 aliphatic carbocycles. The van der Waals surface area contributed by atoms with Gasteiger partial charge in [0.25, 0.3) is 5.91 Å². The largest absolute Gasteiger partial charge is 0.462 e. The van der Waals surface area contributed by atoms with Crippen LogP contribution < -0.4 is 0 Å². The van der Waals surface area contributed by atoms with E-state index in [-0.39, 0.29) is 11.4 Å². The topological polar surface area (TPSA) is 87.1 Å². The summed E-state index contributed by atoms with van der Waals surface area (Å²) >= 11 is 0. The molecular weight excluding hydrogens is 330 g/mol. The van der Waals surface area contributed by atoms with Gasteiger partial charge in [0.2, 0.25) is 0 Å². The molecule has 24 heavy (non-hydrogen) atoms. The van der Waals surface area contributed by atoms with Crippen LogP contribution in [0.5, 0.6) is 0 Å². The maximum Gasteiger partial charge on any atom is 0.338 e. The number of fused-ring (bicyclic) bond motifs is 1. The van der Waals surface area contributed by atoms with Gasteiger partial charge in [-0.15, -0.1) is 0 Å². The smallest absolute Gasteiger partial charge is 0.338 e. The molecule has 0 saturated carbocycles. The number of carbonyl (C=O) groups excluding carboxylic acids is 2. The van der Waals surface area contributed by atoms with Gasteiger partial charge in [0.1, 0.15) is 0 Å². The molecule has 0 radical (unpaired) electrons. The molecule has 126 valence electrons. The zero-order valence-electron chi connectivity index (χ0n) is 13.0. The third kappa shape index (κ3) is 2.77. The first kappa shape index (κ1) is 16.5. The van der Waals surface area contributed by atoms with Crippen molar-refractivity contribution < 1.29 is 23.4 Å². The Morgan fingerprint density at radius 3 is 2.42 bits per heavy atom. The van der Waals surface area contributed by atoms with Crippen LogP contribution in [-0.4, -0.2) is 31.9 Å². The van der Waals surface area contributed by atoms with E-state index in [1.54, 1.807) is 55.5 Å². The maximum atomic E-state index is 12.4. The summed E-state index contributed by atoms with van der Waals surface area (Å²) in [6.45, 7) is 2.06. The number of hydrogen-bond donors (Lipinski definition) is 2. The molecular formula is C17H17NO5S. The summed E-state index contributed by atoms with van der Waals surface area (Å²) in [4.78, 5) is 24.3. The lowest BCUT2D eigenvalue weighted by Gasteiger charge is -2.36. The van der Waals surface area contributed by atoms with Gasteiger partial charge in [0.05, 0.1) is 29.2 Å². The summed E-state index contributed by atoms with van der Waals surface area (Å²) in [7, 11) is -3.34. The van der Waals surface area contributed by atoms with Crippen LogP contribution in [0.1, 0.15) is 33.2 Å². The van der Waals surface area contributed by atoms with Crippen molar-refractivity contribution in [3.63, 3.8) is 0 Å². The van der Waals surface area contributed by atoms with Crippen LogP contribution in [0.3, 0.4) is 0 Å². The van der Waals surface area contributed by atoms with E-state index in [1.807, 2.05) is 0 Å². The van der Waals surface area contributed by atoms with Crippen molar-refractivity contribution in [2.75, 3.05) is 6.61 Å². The van der Waals surface area contributed by atoms with Gasteiger partial charge < -0.3 is 4.74 Å². The normalized spacial score (nSPS) is 16.6. The molecule has 1 aliphatic rings. The number of hydrogen-bond acceptors (Lipinski definition) is 5. The van der Waals surface area contributed by atoms with Crippen molar-refractivity contribution in [3.8, 4) is 0 Å². The average molecular weight is 347 g/mol. The molecule has 0 fully saturated rings. The molecule has 0 aromatic heterocycles. The highest BCUT2D eigenvalue weighted by molar-refractivity contribution is 8.23. The lowest BCUT2D eigenvalue weighted by atomic mass is 10.1. The lowest BCUT2D eigenvalue weighted by molar-refractivity contribution is 0.0526. The van der Waals surface area contributed by atoms with Gasteiger partial charge in [0, 0.05) is 0 Å². The van der Waals surface area contributed by atoms with E-state index in [4.69, 9.17) is 4.74 Å². The van der Waals surface area contributed by atoms with Crippen molar-refractivity contribution in [1.82, 2.24) is 4.31 Å². The number of esters is 1. The molecule has 3 rings (SSSR count). The van der Waals surface area contributed by atoms with E-state index in [2.05, 4.69) is 0 Å². The van der Waals surface area contributed by atoms with Crippen LogP contribution >= 0.6 is 10.8 Å². The van der Waals surface area contributed by atoms with Gasteiger partial charge in [-0.25, -0.2) is 9.10 Å². The van der Waals surface area contributed by atoms with Crippen LogP contribution in [0.2, 0.25) is 0 Å². The molecule has 2 aromatic rings. The zero-order valence-corrected chi connectivity index (χ0v) is 13.8. The van der Waals surface area contributed by atoms with Gasteiger partial charge in [-0.3, -0.25) is 13.9 Å². The fourth-order valence-corrected chi connectivity index (χ4v) is 4.15. The van der Waals surface area contributed by atoms with Crippen molar-refractivity contribution in [2.24, 2.45) is 0 Å². The highest BCUT2D eigenvalue weighted by atomic mass is 32.3. The number of ether oxygens (including phenoxy) is 1. The minimum atomic E-state index is -3.34. The van der Waals surface area contributed by atoms with Crippen molar-refractivity contribution in [2.45, 2.75) is 18.4 Å². The van der Waals surface area contributed by atoms with E-state index >= 15 is 0 Å². The van der Waals surface area contributed by atoms with Gasteiger partial charge in [-0.05, 0) is 36.8 Å². The van der Waals surface area contributed by atoms with Gasteiger partial charge in [0.15, 0.2) is 0 Å². The lowest BCUT2D eigenvalue weighted by Crippen LogP contribution is -2.26. The van der Waals surface area contributed by atoms with Crippen LogP contribution in [0.4, 0.5) is 0 Å². The van der Waals surface area contributed by atoms with E-state index in [0.717, 1.165) is 4.31 Å². The van der Waals surface area contributed by atoms with Gasteiger partial charge >= 0.3 is 5.97 Å². The molecule has 1 aliphatic heterocycles. The van der Waals surface area contributed by atoms with Crippen LogP contribution in [0, 0.1) is 0 Å². The Bertz CT molecular complexity index is 788. The summed E-state index contributed by atoms with van der Waals surface area (Å²) in [5.74, 6) is -0.835. The Hall–Kier alpha value is -2.35. The minimum Gasteiger partial charge on any atom is -0.462 e. The first-order valence-corrected chi connectivity index (χ1v) is 8.91. The second-order valence-corrected chi connectivity index (χ2v) is 7.19. The molecule has 2 aromatic carbocycles. The van der Waals surface area contributed by atoms with Crippen LogP contribution in [0.25, 0.3) is 0 Å². The SMILES string of the molecule is CCOC(=O)c1ccc(CN2C(=O)c3ccccc3S2(O)O)cc1. The monoisotopic (exact) mass is 347 g/mol. The standard InChI is InChI=1S/C17H17NO5S/c1-2-23-17(20)13-9-7-12(8-10-13)11-18-16(19)14-5-3-4-6-15(14)24(18,21)22/h3-10,21-22H,2,11H2,1H3. The van der Waals surface area contributed by atoms with Crippen molar-refractivity contribution in [1.29, 1.82) is 0 Å². The molecule has 1 heterocycles. The molecule has 0 saturated heterocycles. The molecule has 2 N–H and O–H groups in total. The van der Waals surface area contributed by atoms with Gasteiger partial charge in [-0.1, -0.05) is 35.0 Å². The Balaban J connectivity index is 1.82. The van der Waals surface area contributed by atoms with E-state index in [0.29, 0.717) is 23.3 Å². The second-order valence-electron chi connectivity index (χ2n) is 5.27. The number of nitrogens with zero attached hydrogens (tertiary/aromatic N) is 1. The maximum absolute atomic E-state index is 12.4. The first-order chi connectivity index (χ1) is 11.4. The predicted octanol–water partition coefficient (Wildman–Crippen LogP) is 3.54. The fourth-order valence-electron chi connectivity index (χ4n) is 2.54. The summed E-state index contributed by atoms with van der Waals surface area (Å²) < 4.78 is 26.8. The fraction of sp³-hybridized carbons (Fsp3) is 0.176. The Kier molecular flexibility index (Phi) is 4.31. The van der Waals surface area contributed by atoms with E-state index in [9.17, 15) is 18.7 Å². The molecule has 1 amide bonds. The Labute approximate surface area is 141 Å². The number of carbonyl (C=O) groups is 2. The highest BCUT2D eigenvalue weighted by Crippen LogP contribution is 2.58. The molecule has 0 bridgehead atoms. The van der Waals surface area contributed by atoms with Crippen LogP contribution in [-0.2, 0) is 11.3 Å². The predicted molar refractivity (Wildman–Crippen MR) is 89.8 cm³/mol. The molecule has 7 heteroatoms. The highest BCUT2D eigenvalue weighted by Gasteiger charge is 2.40.